The fraction of sp³-hybridized carbons (Fsp3) is 0.423. The number of hydrogen-bond donors (Lipinski definition) is 1. The number of rotatable bonds is 5. The lowest BCUT2D eigenvalue weighted by Crippen LogP contribution is -2.28. The molecule has 0 spiro atoms. The number of amides is 1. The molecule has 2 aromatic carbocycles. The van der Waals surface area contributed by atoms with Gasteiger partial charge >= 0.3 is 6.18 Å². The Balaban J connectivity index is 1.40. The number of carbonyl (C=O) groups is 1. The van der Waals surface area contributed by atoms with Gasteiger partial charge in [-0.3, -0.25) is 4.79 Å². The zero-order valence-corrected chi connectivity index (χ0v) is 18.2. The average Bonchev–Trinajstić information content (AvgIpc) is 3.29. The molecule has 4 atom stereocenters. The van der Waals surface area contributed by atoms with Crippen LogP contribution in [0.2, 0.25) is 0 Å². The fourth-order valence-corrected chi connectivity index (χ4v) is 4.92. The first-order valence-electron chi connectivity index (χ1n) is 11.2. The number of ether oxygens (including phenoxy) is 1. The van der Waals surface area contributed by atoms with Crippen LogP contribution in [0.4, 0.5) is 23.2 Å². The van der Waals surface area contributed by atoms with Gasteiger partial charge in [0.2, 0.25) is 5.91 Å². The van der Waals surface area contributed by atoms with E-state index in [1.54, 1.807) is 0 Å². The van der Waals surface area contributed by atoms with E-state index in [2.05, 4.69) is 36.2 Å². The molecule has 1 aliphatic heterocycles. The molecule has 33 heavy (non-hydrogen) atoms. The van der Waals surface area contributed by atoms with Crippen LogP contribution in [0.5, 0.6) is 0 Å². The predicted molar refractivity (Wildman–Crippen MR) is 118 cm³/mol. The van der Waals surface area contributed by atoms with Gasteiger partial charge in [0.1, 0.15) is 5.82 Å². The first-order chi connectivity index (χ1) is 15.8. The Hall–Kier alpha value is -2.67. The van der Waals surface area contributed by atoms with Crippen molar-refractivity contribution >= 4 is 11.6 Å². The zero-order chi connectivity index (χ0) is 23.6. The van der Waals surface area contributed by atoms with Crippen LogP contribution >= 0.6 is 0 Å². The van der Waals surface area contributed by atoms with Crippen molar-refractivity contribution in [1.82, 2.24) is 0 Å². The van der Waals surface area contributed by atoms with Crippen LogP contribution in [0.25, 0.3) is 0 Å². The second kappa shape index (κ2) is 9.67. The zero-order valence-electron chi connectivity index (χ0n) is 18.2. The molecule has 1 N–H and O–H groups in total. The van der Waals surface area contributed by atoms with Gasteiger partial charge in [-0.05, 0) is 54.5 Å². The van der Waals surface area contributed by atoms with Crippen LogP contribution in [0.3, 0.4) is 0 Å². The highest BCUT2D eigenvalue weighted by atomic mass is 19.4. The van der Waals surface area contributed by atoms with Crippen LogP contribution in [-0.4, -0.2) is 19.1 Å². The highest BCUT2D eigenvalue weighted by Gasteiger charge is 2.33. The number of nitrogens with one attached hydrogen (secondary N) is 1. The van der Waals surface area contributed by atoms with Crippen LogP contribution in [0, 0.1) is 17.7 Å². The van der Waals surface area contributed by atoms with Crippen molar-refractivity contribution < 1.29 is 27.1 Å². The molecule has 2 fully saturated rings. The van der Waals surface area contributed by atoms with E-state index in [1.165, 1.54) is 5.56 Å². The van der Waals surface area contributed by atoms with Crippen molar-refractivity contribution in [2.24, 2.45) is 11.8 Å². The Kier molecular flexibility index (Phi) is 6.88. The largest absolute Gasteiger partial charge is 0.416 e. The first-order valence-corrected chi connectivity index (χ1v) is 11.2. The quantitative estimate of drug-likeness (QED) is 0.399. The molecule has 4 rings (SSSR count). The van der Waals surface area contributed by atoms with Crippen molar-refractivity contribution in [2.45, 2.75) is 43.7 Å². The van der Waals surface area contributed by atoms with Crippen LogP contribution in [0.1, 0.15) is 54.2 Å². The number of halogens is 4. The monoisotopic (exact) mass is 461 g/mol. The summed E-state index contributed by atoms with van der Waals surface area (Å²) in [6.07, 6.45) is 0.412. The highest BCUT2D eigenvalue weighted by molar-refractivity contribution is 5.92. The van der Waals surface area contributed by atoms with Crippen LogP contribution in [0.15, 0.2) is 55.1 Å². The second-order valence-corrected chi connectivity index (χ2v) is 8.95. The smallest absolute Gasteiger partial charge is 0.380 e. The van der Waals surface area contributed by atoms with Crippen molar-refractivity contribution in [2.75, 3.05) is 18.5 Å². The number of anilines is 1. The van der Waals surface area contributed by atoms with Gasteiger partial charge in [-0.2, -0.15) is 13.2 Å². The van der Waals surface area contributed by atoms with E-state index in [4.69, 9.17) is 4.74 Å². The molecule has 1 saturated carbocycles. The lowest BCUT2D eigenvalue weighted by atomic mass is 9.77. The van der Waals surface area contributed by atoms with Crippen molar-refractivity contribution in [3.63, 3.8) is 0 Å². The first kappa shape index (κ1) is 23.5. The van der Waals surface area contributed by atoms with Gasteiger partial charge in [0.15, 0.2) is 0 Å². The maximum absolute atomic E-state index is 14.1. The molecule has 176 valence electrons. The molecule has 0 bridgehead atoms. The topological polar surface area (TPSA) is 38.3 Å². The summed E-state index contributed by atoms with van der Waals surface area (Å²) in [5.41, 5.74) is 1.06. The summed E-state index contributed by atoms with van der Waals surface area (Å²) < 4.78 is 58.0. The van der Waals surface area contributed by atoms with E-state index < -0.39 is 17.6 Å². The molecule has 2 aromatic rings. The van der Waals surface area contributed by atoms with Gasteiger partial charge in [-0.1, -0.05) is 36.8 Å². The Morgan fingerprint density at radius 3 is 2.45 bits per heavy atom. The standard InChI is InChI=1S/C26H27F4NO2/c1-2-16-14-33-15-22(16)18-8-6-17(7-9-18)19-4-3-5-20(12-19)25(32)31-24-11-10-21(13-23(24)27)26(28,29)30/h2,6-11,13,16,19-20,22H,1,3-5,12,14-15H2,(H,31,32). The van der Waals surface area contributed by atoms with E-state index in [1.807, 2.05) is 6.08 Å². The minimum Gasteiger partial charge on any atom is -0.380 e. The van der Waals surface area contributed by atoms with Gasteiger partial charge in [0.25, 0.3) is 0 Å². The van der Waals surface area contributed by atoms with Crippen LogP contribution in [-0.2, 0) is 15.7 Å². The molecule has 1 heterocycles. The summed E-state index contributed by atoms with van der Waals surface area (Å²) in [7, 11) is 0. The van der Waals surface area contributed by atoms with E-state index in [-0.39, 0.29) is 23.4 Å². The Morgan fingerprint density at radius 1 is 1.06 bits per heavy atom. The number of benzene rings is 2. The molecular weight excluding hydrogens is 434 g/mol. The Bertz CT molecular complexity index is 1000. The SMILES string of the molecule is C=CC1COCC1c1ccc(C2CCCC(C(=O)Nc3ccc(C(F)(F)F)cc3F)C2)cc1. The summed E-state index contributed by atoms with van der Waals surface area (Å²) >= 11 is 0. The fourth-order valence-electron chi connectivity index (χ4n) is 4.92. The van der Waals surface area contributed by atoms with Crippen LogP contribution < -0.4 is 5.32 Å². The van der Waals surface area contributed by atoms with Gasteiger partial charge in [-0.15, -0.1) is 6.58 Å². The molecule has 7 heteroatoms. The summed E-state index contributed by atoms with van der Waals surface area (Å²) in [5, 5.41) is 2.48. The van der Waals surface area contributed by atoms with Crippen molar-refractivity contribution in [3.05, 3.63) is 77.6 Å². The molecule has 2 aliphatic rings. The average molecular weight is 461 g/mol. The van der Waals surface area contributed by atoms with E-state index in [0.29, 0.717) is 44.0 Å². The predicted octanol–water partition coefficient (Wildman–Crippen LogP) is 6.67. The molecule has 0 radical (unpaired) electrons. The minimum atomic E-state index is -4.63. The molecule has 4 unspecified atom stereocenters. The number of carbonyl (C=O) groups excluding carboxylic acids is 1. The summed E-state index contributed by atoms with van der Waals surface area (Å²) in [5.74, 6) is -0.944. The third kappa shape index (κ3) is 5.29. The lowest BCUT2D eigenvalue weighted by molar-refractivity contribution is -0.137. The van der Waals surface area contributed by atoms with Gasteiger partial charge < -0.3 is 10.1 Å². The maximum Gasteiger partial charge on any atom is 0.416 e. The van der Waals surface area contributed by atoms with Gasteiger partial charge in [0, 0.05) is 17.8 Å². The maximum atomic E-state index is 14.1. The Morgan fingerprint density at radius 2 is 1.79 bits per heavy atom. The van der Waals surface area contributed by atoms with Gasteiger partial charge in [0.05, 0.1) is 24.5 Å². The normalized spacial score (nSPS) is 25.6. The summed E-state index contributed by atoms with van der Waals surface area (Å²) in [4.78, 5) is 12.8. The number of alkyl halides is 3. The van der Waals surface area contributed by atoms with Gasteiger partial charge in [-0.25, -0.2) is 4.39 Å². The summed E-state index contributed by atoms with van der Waals surface area (Å²) in [6.45, 7) is 5.27. The lowest BCUT2D eigenvalue weighted by Gasteiger charge is -2.29. The third-order valence-electron chi connectivity index (χ3n) is 6.86. The molecule has 0 aromatic heterocycles. The van der Waals surface area contributed by atoms with Crippen molar-refractivity contribution in [1.29, 1.82) is 0 Å². The molecule has 3 nitrogen and oxygen atoms in total. The van der Waals surface area contributed by atoms with E-state index >= 15 is 0 Å². The van der Waals surface area contributed by atoms with E-state index in [0.717, 1.165) is 30.5 Å². The highest BCUT2D eigenvalue weighted by Crippen LogP contribution is 2.39. The second-order valence-electron chi connectivity index (χ2n) is 8.95. The van der Waals surface area contributed by atoms with Crippen molar-refractivity contribution in [3.8, 4) is 0 Å². The third-order valence-corrected chi connectivity index (χ3v) is 6.86. The molecule has 1 amide bonds. The molecule has 1 aliphatic carbocycles. The molecule has 1 saturated heterocycles. The summed E-state index contributed by atoms with van der Waals surface area (Å²) in [6, 6.07) is 10.6. The number of hydrogen-bond acceptors (Lipinski definition) is 2. The Labute approximate surface area is 190 Å². The molecular formula is C26H27F4NO2. The minimum absolute atomic E-state index is 0.205. The van der Waals surface area contributed by atoms with E-state index in [9.17, 15) is 22.4 Å².